The summed E-state index contributed by atoms with van der Waals surface area (Å²) in [7, 11) is 2.93. The first-order chi connectivity index (χ1) is 12.4. The fraction of sp³-hybridized carbons (Fsp3) is 0.294. The number of aryl methyl sites for hydroxylation is 1. The van der Waals surface area contributed by atoms with Crippen LogP contribution in [0.1, 0.15) is 5.56 Å². The second kappa shape index (κ2) is 6.85. The van der Waals surface area contributed by atoms with Gasteiger partial charge in [0.1, 0.15) is 18.5 Å². The Hall–Kier alpha value is -3.38. The molecule has 1 N–H and O–H groups in total. The molecule has 134 valence electrons. The molecule has 0 saturated carbocycles. The number of imidazole rings is 1. The van der Waals surface area contributed by atoms with Crippen LogP contribution in [0.25, 0.3) is 11.2 Å². The average Bonchev–Trinajstić information content (AvgIpc) is 3.07. The molecular weight excluding hydrogens is 338 g/mol. The number of nitrogens with zero attached hydrogens (tertiary/aromatic N) is 5. The summed E-state index contributed by atoms with van der Waals surface area (Å²) in [6.45, 7) is 0.0812. The standard InChI is InChI=1S/C17H17N5O4/c1-20-15-14(16(24)21(2)17(20)25)22(10-19-15)8-12(23)9-26-13-5-3-11(7-18)4-6-13/h3-6,10,12,23H,8-9H2,1-2H3/t12-/m0/s1. The van der Waals surface area contributed by atoms with Crippen molar-refractivity contribution in [3.8, 4) is 11.8 Å². The van der Waals surface area contributed by atoms with Crippen molar-refractivity contribution in [1.82, 2.24) is 18.7 Å². The molecule has 26 heavy (non-hydrogen) atoms. The molecule has 2 heterocycles. The van der Waals surface area contributed by atoms with E-state index in [1.807, 2.05) is 6.07 Å². The molecule has 0 bridgehead atoms. The molecular formula is C17H17N5O4. The minimum atomic E-state index is -0.898. The first-order valence-corrected chi connectivity index (χ1v) is 7.84. The highest BCUT2D eigenvalue weighted by Crippen LogP contribution is 2.12. The van der Waals surface area contributed by atoms with E-state index >= 15 is 0 Å². The van der Waals surface area contributed by atoms with Gasteiger partial charge in [-0.15, -0.1) is 0 Å². The van der Waals surface area contributed by atoms with E-state index in [4.69, 9.17) is 10.00 Å². The van der Waals surface area contributed by atoms with Gasteiger partial charge < -0.3 is 14.4 Å². The van der Waals surface area contributed by atoms with Crippen molar-refractivity contribution in [2.75, 3.05) is 6.61 Å². The Morgan fingerprint density at radius 1 is 1.23 bits per heavy atom. The zero-order valence-corrected chi connectivity index (χ0v) is 14.3. The van der Waals surface area contributed by atoms with Gasteiger partial charge in [0, 0.05) is 14.1 Å². The van der Waals surface area contributed by atoms with E-state index in [1.165, 1.54) is 29.6 Å². The Balaban J connectivity index is 1.77. The van der Waals surface area contributed by atoms with Crippen LogP contribution in [0.4, 0.5) is 0 Å². The van der Waals surface area contributed by atoms with Crippen LogP contribution in [0.3, 0.4) is 0 Å². The third-order valence-corrected chi connectivity index (χ3v) is 4.05. The lowest BCUT2D eigenvalue weighted by molar-refractivity contribution is 0.0933. The fourth-order valence-corrected chi connectivity index (χ4v) is 2.63. The SMILES string of the molecule is Cn1c(=O)c2c(ncn2C[C@H](O)COc2ccc(C#N)cc2)n(C)c1=O. The molecule has 3 aromatic rings. The Labute approximate surface area is 147 Å². The van der Waals surface area contributed by atoms with Crippen LogP contribution in [0.15, 0.2) is 40.2 Å². The van der Waals surface area contributed by atoms with Crippen LogP contribution >= 0.6 is 0 Å². The first-order valence-electron chi connectivity index (χ1n) is 7.84. The van der Waals surface area contributed by atoms with E-state index in [0.717, 1.165) is 4.57 Å². The van der Waals surface area contributed by atoms with Crippen LogP contribution in [-0.4, -0.2) is 36.5 Å². The molecule has 9 nitrogen and oxygen atoms in total. The number of nitriles is 1. The molecule has 1 aromatic carbocycles. The van der Waals surface area contributed by atoms with Crippen LogP contribution in [0.2, 0.25) is 0 Å². The molecule has 3 rings (SSSR count). The smallest absolute Gasteiger partial charge is 0.332 e. The molecule has 0 radical (unpaired) electrons. The maximum absolute atomic E-state index is 12.4. The fourth-order valence-electron chi connectivity index (χ4n) is 2.63. The highest BCUT2D eigenvalue weighted by molar-refractivity contribution is 5.69. The van der Waals surface area contributed by atoms with Gasteiger partial charge in [0.2, 0.25) is 0 Å². The number of hydrogen-bond donors (Lipinski definition) is 1. The van der Waals surface area contributed by atoms with E-state index in [-0.39, 0.29) is 24.3 Å². The van der Waals surface area contributed by atoms with E-state index in [2.05, 4.69) is 4.98 Å². The van der Waals surface area contributed by atoms with Gasteiger partial charge in [-0.05, 0) is 24.3 Å². The van der Waals surface area contributed by atoms with Gasteiger partial charge in [0.15, 0.2) is 11.2 Å². The zero-order chi connectivity index (χ0) is 18.8. The molecule has 9 heteroatoms. The van der Waals surface area contributed by atoms with Gasteiger partial charge >= 0.3 is 5.69 Å². The van der Waals surface area contributed by atoms with Crippen LogP contribution in [-0.2, 0) is 20.6 Å². The lowest BCUT2D eigenvalue weighted by Crippen LogP contribution is -2.38. The predicted molar refractivity (Wildman–Crippen MR) is 92.9 cm³/mol. The molecule has 0 aliphatic heterocycles. The zero-order valence-electron chi connectivity index (χ0n) is 14.3. The van der Waals surface area contributed by atoms with Crippen LogP contribution in [0, 0.1) is 11.3 Å². The van der Waals surface area contributed by atoms with Gasteiger partial charge in [-0.3, -0.25) is 13.9 Å². The van der Waals surface area contributed by atoms with Crippen molar-refractivity contribution in [3.63, 3.8) is 0 Å². The Morgan fingerprint density at radius 2 is 1.92 bits per heavy atom. The average molecular weight is 355 g/mol. The van der Waals surface area contributed by atoms with Crippen molar-refractivity contribution < 1.29 is 9.84 Å². The number of benzene rings is 1. The van der Waals surface area contributed by atoms with Gasteiger partial charge in [-0.1, -0.05) is 0 Å². The van der Waals surface area contributed by atoms with E-state index in [0.29, 0.717) is 11.3 Å². The molecule has 2 aromatic heterocycles. The van der Waals surface area contributed by atoms with Crippen LogP contribution < -0.4 is 16.0 Å². The van der Waals surface area contributed by atoms with Gasteiger partial charge in [0.25, 0.3) is 5.56 Å². The highest BCUT2D eigenvalue weighted by atomic mass is 16.5. The molecule has 0 unspecified atom stereocenters. The number of hydrogen-bond acceptors (Lipinski definition) is 6. The minimum Gasteiger partial charge on any atom is -0.491 e. The van der Waals surface area contributed by atoms with Crippen molar-refractivity contribution in [2.24, 2.45) is 14.1 Å². The maximum atomic E-state index is 12.4. The number of aliphatic hydroxyl groups is 1. The highest BCUT2D eigenvalue weighted by Gasteiger charge is 2.16. The van der Waals surface area contributed by atoms with Gasteiger partial charge in [-0.25, -0.2) is 9.78 Å². The molecule has 0 spiro atoms. The number of ether oxygens (including phenoxy) is 1. The molecule has 0 amide bonds. The summed E-state index contributed by atoms with van der Waals surface area (Å²) in [6.07, 6.45) is 0.515. The van der Waals surface area contributed by atoms with Crippen LogP contribution in [0.5, 0.6) is 5.75 Å². The third-order valence-electron chi connectivity index (χ3n) is 4.05. The molecule has 0 saturated heterocycles. The number of aliphatic hydroxyl groups excluding tert-OH is 1. The summed E-state index contributed by atoms with van der Waals surface area (Å²) in [6, 6.07) is 8.54. The molecule has 0 aliphatic carbocycles. The first kappa shape index (κ1) is 17.4. The monoisotopic (exact) mass is 355 g/mol. The van der Waals surface area contributed by atoms with Crippen molar-refractivity contribution in [2.45, 2.75) is 12.6 Å². The quantitative estimate of drug-likeness (QED) is 0.675. The van der Waals surface area contributed by atoms with Gasteiger partial charge in [-0.2, -0.15) is 5.26 Å². The van der Waals surface area contributed by atoms with E-state index in [1.54, 1.807) is 24.3 Å². The normalized spacial score (nSPS) is 12.1. The Bertz CT molecular complexity index is 1100. The third kappa shape index (κ3) is 3.10. The van der Waals surface area contributed by atoms with E-state index in [9.17, 15) is 14.7 Å². The second-order valence-electron chi connectivity index (χ2n) is 5.88. The molecule has 1 atom stereocenters. The number of aromatic nitrogens is 4. The van der Waals surface area contributed by atoms with Crippen molar-refractivity contribution in [1.29, 1.82) is 5.26 Å². The molecule has 0 fully saturated rings. The number of fused-ring (bicyclic) bond motifs is 1. The summed E-state index contributed by atoms with van der Waals surface area (Å²) >= 11 is 0. The second-order valence-corrected chi connectivity index (χ2v) is 5.88. The summed E-state index contributed by atoms with van der Waals surface area (Å²) in [5, 5.41) is 19.0. The van der Waals surface area contributed by atoms with Gasteiger partial charge in [0.05, 0.1) is 24.5 Å². The topological polar surface area (TPSA) is 115 Å². The summed E-state index contributed by atoms with van der Waals surface area (Å²) in [4.78, 5) is 28.4. The summed E-state index contributed by atoms with van der Waals surface area (Å²) in [5.74, 6) is 0.525. The molecule has 0 aliphatic rings. The predicted octanol–water partition coefficient (Wildman–Crippen LogP) is -0.255. The lowest BCUT2D eigenvalue weighted by atomic mass is 10.2. The maximum Gasteiger partial charge on any atom is 0.332 e. The Kier molecular flexibility index (Phi) is 4.60. The summed E-state index contributed by atoms with van der Waals surface area (Å²) in [5.41, 5.74) is 0.0906. The largest absolute Gasteiger partial charge is 0.491 e. The summed E-state index contributed by atoms with van der Waals surface area (Å²) < 4.78 is 9.28. The Morgan fingerprint density at radius 3 is 2.58 bits per heavy atom. The minimum absolute atomic E-state index is 0.00233. The lowest BCUT2D eigenvalue weighted by Gasteiger charge is -2.13. The van der Waals surface area contributed by atoms with Crippen molar-refractivity contribution in [3.05, 3.63) is 57.0 Å². The number of rotatable bonds is 5. The van der Waals surface area contributed by atoms with E-state index < -0.39 is 17.4 Å². The van der Waals surface area contributed by atoms with Crippen molar-refractivity contribution >= 4 is 11.2 Å².